The van der Waals surface area contributed by atoms with Crippen molar-refractivity contribution in [2.45, 2.75) is 57.9 Å². The number of hydrogen-bond acceptors (Lipinski definition) is 3. The number of amides is 1. The van der Waals surface area contributed by atoms with Gasteiger partial charge in [0, 0.05) is 11.6 Å². The molecule has 7 rings (SSSR count). The molecule has 2 aromatic carbocycles. The van der Waals surface area contributed by atoms with Gasteiger partial charge in [-0.1, -0.05) is 38.1 Å². The number of benzene rings is 2. The van der Waals surface area contributed by atoms with Gasteiger partial charge in [0.05, 0.1) is 5.69 Å². The van der Waals surface area contributed by atoms with Crippen LogP contribution in [0.3, 0.4) is 0 Å². The van der Waals surface area contributed by atoms with Gasteiger partial charge in [0.15, 0.2) is 5.82 Å². The molecule has 0 spiro atoms. The lowest BCUT2D eigenvalue weighted by molar-refractivity contribution is -0.0120. The topological polar surface area (TPSA) is 59.8 Å². The highest BCUT2D eigenvalue weighted by atomic mass is 19.1. The van der Waals surface area contributed by atoms with E-state index in [2.05, 4.69) is 41.4 Å². The van der Waals surface area contributed by atoms with Crippen molar-refractivity contribution in [1.29, 1.82) is 0 Å². The standard InChI is InChI=1S/C28H31FN4O/c1-16(2)19-3-5-20(6-4-19)27-31-26(32-33(27)24-9-7-23(29)8-10-24)28(34)30-25-21-12-17-11-18(14-21)15-22(25)13-17/h3-10,16-18,21-22,25H,11-15H2,1-2H3,(H,30,34). The number of carbonyl (C=O) groups excluding carboxylic acids is 1. The molecule has 0 unspecified atom stereocenters. The van der Waals surface area contributed by atoms with Crippen LogP contribution >= 0.6 is 0 Å². The van der Waals surface area contributed by atoms with Gasteiger partial charge in [-0.3, -0.25) is 4.79 Å². The lowest BCUT2D eigenvalue weighted by atomic mass is 9.54. The second-order valence-electron chi connectivity index (χ2n) is 10.9. The van der Waals surface area contributed by atoms with Crippen molar-refractivity contribution in [2.24, 2.45) is 23.7 Å². The maximum atomic E-state index is 13.6. The lowest BCUT2D eigenvalue weighted by Crippen LogP contribution is -2.55. The summed E-state index contributed by atoms with van der Waals surface area (Å²) in [5, 5.41) is 7.92. The van der Waals surface area contributed by atoms with E-state index in [1.54, 1.807) is 16.8 Å². The molecule has 0 aliphatic heterocycles. The van der Waals surface area contributed by atoms with E-state index in [9.17, 15) is 9.18 Å². The molecule has 3 aromatic rings. The van der Waals surface area contributed by atoms with Crippen molar-refractivity contribution in [1.82, 2.24) is 20.1 Å². The highest BCUT2D eigenvalue weighted by Crippen LogP contribution is 2.53. The molecular formula is C28H31FN4O. The molecule has 176 valence electrons. The molecule has 1 heterocycles. The number of nitrogens with zero attached hydrogens (tertiary/aromatic N) is 3. The number of hydrogen-bond donors (Lipinski definition) is 1. The van der Waals surface area contributed by atoms with E-state index in [4.69, 9.17) is 0 Å². The Labute approximate surface area is 199 Å². The molecule has 0 radical (unpaired) electrons. The summed E-state index contributed by atoms with van der Waals surface area (Å²) >= 11 is 0. The van der Waals surface area contributed by atoms with E-state index >= 15 is 0 Å². The quantitative estimate of drug-likeness (QED) is 0.529. The summed E-state index contributed by atoms with van der Waals surface area (Å²) in [5.41, 5.74) is 2.77. The third kappa shape index (κ3) is 3.83. The van der Waals surface area contributed by atoms with Gasteiger partial charge in [-0.2, -0.15) is 0 Å². The zero-order valence-electron chi connectivity index (χ0n) is 19.7. The van der Waals surface area contributed by atoms with Crippen molar-refractivity contribution in [3.05, 3.63) is 65.7 Å². The van der Waals surface area contributed by atoms with E-state index < -0.39 is 0 Å². The van der Waals surface area contributed by atoms with E-state index in [0.717, 1.165) is 17.4 Å². The Morgan fingerprint density at radius 1 is 0.941 bits per heavy atom. The Balaban J connectivity index is 1.32. The zero-order valence-corrected chi connectivity index (χ0v) is 19.7. The van der Waals surface area contributed by atoms with E-state index in [1.807, 2.05) is 12.1 Å². The van der Waals surface area contributed by atoms with Crippen LogP contribution in [0.2, 0.25) is 0 Å². The molecule has 0 saturated heterocycles. The van der Waals surface area contributed by atoms with Crippen molar-refractivity contribution >= 4 is 5.91 Å². The van der Waals surface area contributed by atoms with Gasteiger partial charge in [-0.15, -0.1) is 5.10 Å². The summed E-state index contributed by atoms with van der Waals surface area (Å²) in [5.74, 6) is 3.53. The Bertz CT molecular complexity index is 1170. The van der Waals surface area contributed by atoms with Gasteiger partial charge in [0.2, 0.25) is 5.82 Å². The van der Waals surface area contributed by atoms with Crippen LogP contribution in [0.4, 0.5) is 4.39 Å². The number of carbonyl (C=O) groups is 1. The first kappa shape index (κ1) is 21.5. The van der Waals surface area contributed by atoms with Crippen LogP contribution in [0.5, 0.6) is 0 Å². The molecule has 5 nitrogen and oxygen atoms in total. The molecule has 0 atom stereocenters. The maximum Gasteiger partial charge on any atom is 0.291 e. The van der Waals surface area contributed by atoms with E-state index in [1.165, 1.54) is 49.8 Å². The second kappa shape index (κ2) is 8.33. The molecule has 6 heteroatoms. The zero-order chi connectivity index (χ0) is 23.4. The fourth-order valence-electron chi connectivity index (χ4n) is 6.75. The van der Waals surface area contributed by atoms with Gasteiger partial charge in [-0.25, -0.2) is 14.1 Å². The molecule has 4 aliphatic rings. The third-order valence-corrected chi connectivity index (χ3v) is 8.24. The van der Waals surface area contributed by atoms with Crippen LogP contribution < -0.4 is 5.32 Å². The summed E-state index contributed by atoms with van der Waals surface area (Å²) < 4.78 is 15.2. The highest BCUT2D eigenvalue weighted by Gasteiger charge is 2.48. The number of nitrogens with one attached hydrogen (secondary N) is 1. The summed E-state index contributed by atoms with van der Waals surface area (Å²) in [4.78, 5) is 18.0. The van der Waals surface area contributed by atoms with Gasteiger partial charge in [0.25, 0.3) is 5.91 Å². The molecular weight excluding hydrogens is 427 g/mol. The Kier molecular flexibility index (Phi) is 5.27. The lowest BCUT2D eigenvalue weighted by Gasteiger charge is -2.54. The summed E-state index contributed by atoms with van der Waals surface area (Å²) in [6.07, 6.45) is 6.34. The first-order valence-electron chi connectivity index (χ1n) is 12.6. The Hall–Kier alpha value is -3.02. The van der Waals surface area contributed by atoms with Crippen LogP contribution in [-0.4, -0.2) is 26.7 Å². The van der Waals surface area contributed by atoms with Crippen LogP contribution in [-0.2, 0) is 0 Å². The third-order valence-electron chi connectivity index (χ3n) is 8.24. The Morgan fingerprint density at radius 3 is 2.15 bits per heavy atom. The number of rotatable bonds is 5. The second-order valence-corrected chi connectivity index (χ2v) is 10.9. The van der Waals surface area contributed by atoms with Gasteiger partial charge >= 0.3 is 0 Å². The smallest absolute Gasteiger partial charge is 0.291 e. The largest absolute Gasteiger partial charge is 0.346 e. The maximum absolute atomic E-state index is 13.6. The van der Waals surface area contributed by atoms with Crippen molar-refractivity contribution in [3.63, 3.8) is 0 Å². The van der Waals surface area contributed by atoms with Gasteiger partial charge in [0.1, 0.15) is 5.82 Å². The van der Waals surface area contributed by atoms with Crippen LogP contribution in [0.25, 0.3) is 17.1 Å². The van der Waals surface area contributed by atoms with Crippen molar-refractivity contribution in [3.8, 4) is 17.1 Å². The van der Waals surface area contributed by atoms with Crippen LogP contribution in [0.1, 0.15) is 68.1 Å². The summed E-state index contributed by atoms with van der Waals surface area (Å²) in [6, 6.07) is 14.5. The molecule has 4 fully saturated rings. The first-order valence-corrected chi connectivity index (χ1v) is 12.6. The molecule has 1 N–H and O–H groups in total. The average molecular weight is 459 g/mol. The van der Waals surface area contributed by atoms with E-state index in [-0.39, 0.29) is 23.6 Å². The van der Waals surface area contributed by atoms with Crippen molar-refractivity contribution < 1.29 is 9.18 Å². The molecule has 34 heavy (non-hydrogen) atoms. The summed E-state index contributed by atoms with van der Waals surface area (Å²) in [7, 11) is 0. The minimum Gasteiger partial charge on any atom is -0.346 e. The fraction of sp³-hybridized carbons (Fsp3) is 0.464. The summed E-state index contributed by atoms with van der Waals surface area (Å²) in [6.45, 7) is 4.31. The number of halogens is 1. The van der Waals surface area contributed by atoms with Gasteiger partial charge < -0.3 is 5.32 Å². The van der Waals surface area contributed by atoms with Crippen LogP contribution in [0.15, 0.2) is 48.5 Å². The molecule has 4 aliphatic carbocycles. The predicted octanol–water partition coefficient (Wildman–Crippen LogP) is 5.75. The minimum atomic E-state index is -0.313. The van der Waals surface area contributed by atoms with Crippen LogP contribution in [0, 0.1) is 29.5 Å². The normalized spacial score (nSPS) is 27.4. The van der Waals surface area contributed by atoms with Crippen molar-refractivity contribution in [2.75, 3.05) is 0 Å². The first-order chi connectivity index (χ1) is 16.4. The predicted molar refractivity (Wildman–Crippen MR) is 129 cm³/mol. The van der Waals surface area contributed by atoms with E-state index in [0.29, 0.717) is 29.3 Å². The van der Waals surface area contributed by atoms with Gasteiger partial charge in [-0.05, 0) is 91.5 Å². The average Bonchev–Trinajstić information content (AvgIpc) is 3.27. The minimum absolute atomic E-state index is 0.168. The molecule has 1 amide bonds. The fourth-order valence-corrected chi connectivity index (χ4v) is 6.75. The number of aromatic nitrogens is 3. The SMILES string of the molecule is CC(C)c1ccc(-c2nc(C(=O)NC3C4CC5CC(C4)CC3C5)nn2-c2ccc(F)cc2)cc1. The molecule has 4 bridgehead atoms. The Morgan fingerprint density at radius 2 is 1.56 bits per heavy atom. The molecule has 4 saturated carbocycles. The monoisotopic (exact) mass is 458 g/mol. The highest BCUT2D eigenvalue weighted by molar-refractivity contribution is 5.91. The molecule has 1 aromatic heterocycles.